The number of ketones is 1. The molecule has 1 aromatic carbocycles. The van der Waals surface area contributed by atoms with Crippen LogP contribution in [0, 0.1) is 6.92 Å². The van der Waals surface area contributed by atoms with E-state index in [2.05, 4.69) is 21.1 Å². The van der Waals surface area contributed by atoms with Gasteiger partial charge in [-0.05, 0) is 12.5 Å². The highest BCUT2D eigenvalue weighted by molar-refractivity contribution is 5.97. The van der Waals surface area contributed by atoms with Crippen LogP contribution in [-0.2, 0) is 0 Å². The number of nitrogens with zero attached hydrogens (tertiary/aromatic N) is 1. The zero-order chi connectivity index (χ0) is 11.5. The number of rotatable bonds is 4. The maximum absolute atomic E-state index is 11.9. The van der Waals surface area contributed by atoms with Gasteiger partial charge in [0, 0.05) is 5.56 Å². The molecule has 2 nitrogen and oxygen atoms in total. The average molecular weight is 206 g/mol. The fourth-order valence-electron chi connectivity index (χ4n) is 1.46. The second-order valence-corrected chi connectivity index (χ2v) is 5.00. The van der Waals surface area contributed by atoms with Crippen LogP contribution in [-0.4, -0.2) is 38.0 Å². The van der Waals surface area contributed by atoms with Crippen LogP contribution < -0.4 is 0 Å². The summed E-state index contributed by atoms with van der Waals surface area (Å²) in [6, 6.07) is 7.78. The first-order valence-electron chi connectivity index (χ1n) is 5.29. The molecule has 0 aliphatic heterocycles. The van der Waals surface area contributed by atoms with Gasteiger partial charge in [0.1, 0.15) is 0 Å². The van der Waals surface area contributed by atoms with Crippen LogP contribution >= 0.6 is 0 Å². The molecule has 0 saturated heterocycles. The number of hydrogen-bond acceptors (Lipinski definition) is 1. The fourth-order valence-corrected chi connectivity index (χ4v) is 1.46. The summed E-state index contributed by atoms with van der Waals surface area (Å²) >= 11 is 0. The molecule has 0 atom stereocenters. The number of benzene rings is 1. The third kappa shape index (κ3) is 3.84. The first kappa shape index (κ1) is 11.9. The van der Waals surface area contributed by atoms with E-state index in [1.165, 1.54) is 0 Å². The monoisotopic (exact) mass is 206 g/mol. The van der Waals surface area contributed by atoms with E-state index in [0.717, 1.165) is 22.2 Å². The topological polar surface area (TPSA) is 17.1 Å². The van der Waals surface area contributed by atoms with Crippen LogP contribution in [0.3, 0.4) is 0 Å². The van der Waals surface area contributed by atoms with Gasteiger partial charge in [0.15, 0.2) is 5.78 Å². The number of Topliss-reactive ketones (excluding diaryl/α,β-unsaturated/α-hetero) is 1. The van der Waals surface area contributed by atoms with Crippen molar-refractivity contribution in [3.8, 4) is 0 Å². The molecule has 1 rings (SSSR count). The molecule has 1 aromatic rings. The number of aryl methyl sites for hydroxylation is 1. The molecule has 0 N–H and O–H groups in total. The maximum atomic E-state index is 11.9. The normalized spacial score (nSPS) is 11.5. The fraction of sp³-hybridized carbons (Fsp3) is 0.462. The molecule has 0 spiro atoms. The zero-order valence-electron chi connectivity index (χ0n) is 10.1. The summed E-state index contributed by atoms with van der Waals surface area (Å²) in [6.45, 7) is 2.87. The van der Waals surface area contributed by atoms with Crippen LogP contribution in [0.4, 0.5) is 0 Å². The standard InChI is InChI=1S/C13H20NO/c1-11-7-5-6-8-12(11)13(15)9-10-14(2,3)4/h5-8H,9-10H2,1-4H3/q+1. The van der Waals surface area contributed by atoms with E-state index in [-0.39, 0.29) is 5.78 Å². The molecule has 0 heterocycles. The van der Waals surface area contributed by atoms with Crippen LogP contribution in [0.25, 0.3) is 0 Å². The van der Waals surface area contributed by atoms with Crippen molar-refractivity contribution in [3.63, 3.8) is 0 Å². The third-order valence-corrected chi connectivity index (χ3v) is 2.46. The van der Waals surface area contributed by atoms with Gasteiger partial charge in [0.25, 0.3) is 0 Å². The van der Waals surface area contributed by atoms with Crippen molar-refractivity contribution in [2.45, 2.75) is 13.3 Å². The molecule has 0 saturated carbocycles. The van der Waals surface area contributed by atoms with Gasteiger partial charge in [0.05, 0.1) is 34.1 Å². The highest BCUT2D eigenvalue weighted by atomic mass is 16.1. The number of quaternary nitrogens is 1. The van der Waals surface area contributed by atoms with Crippen LogP contribution in [0.5, 0.6) is 0 Å². The van der Waals surface area contributed by atoms with Crippen LogP contribution in [0.1, 0.15) is 22.3 Å². The van der Waals surface area contributed by atoms with E-state index in [0.29, 0.717) is 6.42 Å². The van der Waals surface area contributed by atoms with Gasteiger partial charge >= 0.3 is 0 Å². The lowest BCUT2D eigenvalue weighted by atomic mass is 10.0. The minimum atomic E-state index is 0.251. The van der Waals surface area contributed by atoms with E-state index in [1.807, 2.05) is 31.2 Å². The number of carbonyl (C=O) groups is 1. The lowest BCUT2D eigenvalue weighted by Gasteiger charge is -2.23. The van der Waals surface area contributed by atoms with Crippen molar-refractivity contribution >= 4 is 5.78 Å². The second-order valence-electron chi connectivity index (χ2n) is 5.00. The Bertz CT molecular complexity index is 350. The van der Waals surface area contributed by atoms with E-state index in [4.69, 9.17) is 0 Å². The Labute approximate surface area is 92.1 Å². The highest BCUT2D eigenvalue weighted by Crippen LogP contribution is 2.10. The molecule has 82 valence electrons. The first-order chi connectivity index (χ1) is 6.90. The Morgan fingerprint density at radius 2 is 1.80 bits per heavy atom. The molecule has 2 heteroatoms. The summed E-state index contributed by atoms with van der Waals surface area (Å²) in [5, 5.41) is 0. The van der Waals surface area contributed by atoms with Crippen molar-refractivity contribution < 1.29 is 9.28 Å². The smallest absolute Gasteiger partial charge is 0.168 e. The quantitative estimate of drug-likeness (QED) is 0.545. The minimum absolute atomic E-state index is 0.251. The molecule has 0 amide bonds. The molecule has 0 aliphatic carbocycles. The Hall–Kier alpha value is -1.15. The summed E-state index contributed by atoms with van der Waals surface area (Å²) in [6.07, 6.45) is 0.619. The van der Waals surface area contributed by atoms with Crippen molar-refractivity contribution in [2.75, 3.05) is 27.7 Å². The summed E-state index contributed by atoms with van der Waals surface area (Å²) in [5.41, 5.74) is 1.94. The van der Waals surface area contributed by atoms with E-state index >= 15 is 0 Å². The van der Waals surface area contributed by atoms with Crippen LogP contribution in [0.15, 0.2) is 24.3 Å². The third-order valence-electron chi connectivity index (χ3n) is 2.46. The van der Waals surface area contributed by atoms with Crippen molar-refractivity contribution in [1.29, 1.82) is 0 Å². The summed E-state index contributed by atoms with van der Waals surface area (Å²) in [7, 11) is 6.31. The summed E-state index contributed by atoms with van der Waals surface area (Å²) in [5.74, 6) is 0.251. The van der Waals surface area contributed by atoms with Gasteiger partial charge in [0.2, 0.25) is 0 Å². The van der Waals surface area contributed by atoms with Gasteiger partial charge in [-0.25, -0.2) is 0 Å². The molecule has 0 aliphatic rings. The SMILES string of the molecule is Cc1ccccc1C(=O)CC[N+](C)(C)C. The summed E-state index contributed by atoms with van der Waals surface area (Å²) < 4.78 is 0.831. The van der Waals surface area contributed by atoms with E-state index in [9.17, 15) is 4.79 Å². The number of hydrogen-bond donors (Lipinski definition) is 0. The Balaban J connectivity index is 2.66. The second kappa shape index (κ2) is 4.58. The molecule has 0 bridgehead atoms. The van der Waals surface area contributed by atoms with Gasteiger partial charge in [-0.1, -0.05) is 24.3 Å². The zero-order valence-corrected chi connectivity index (χ0v) is 10.1. The summed E-state index contributed by atoms with van der Waals surface area (Å²) in [4.78, 5) is 11.9. The highest BCUT2D eigenvalue weighted by Gasteiger charge is 2.13. The predicted octanol–water partition coefficient (Wildman–Crippen LogP) is 2.27. The molecule has 0 fully saturated rings. The molecule has 0 radical (unpaired) electrons. The van der Waals surface area contributed by atoms with E-state index in [1.54, 1.807) is 0 Å². The number of carbonyl (C=O) groups excluding carboxylic acids is 1. The predicted molar refractivity (Wildman–Crippen MR) is 63.0 cm³/mol. The Kier molecular flexibility index (Phi) is 3.64. The van der Waals surface area contributed by atoms with Crippen molar-refractivity contribution in [1.82, 2.24) is 0 Å². The lowest BCUT2D eigenvalue weighted by Crippen LogP contribution is -2.36. The Morgan fingerprint density at radius 1 is 1.20 bits per heavy atom. The maximum Gasteiger partial charge on any atom is 0.168 e. The van der Waals surface area contributed by atoms with Crippen molar-refractivity contribution in [3.05, 3.63) is 35.4 Å². The van der Waals surface area contributed by atoms with Gasteiger partial charge in [-0.2, -0.15) is 0 Å². The molecule has 0 unspecified atom stereocenters. The van der Waals surface area contributed by atoms with Crippen molar-refractivity contribution in [2.24, 2.45) is 0 Å². The van der Waals surface area contributed by atoms with Crippen LogP contribution in [0.2, 0.25) is 0 Å². The van der Waals surface area contributed by atoms with Gasteiger partial charge < -0.3 is 4.48 Å². The molecule has 15 heavy (non-hydrogen) atoms. The molecular weight excluding hydrogens is 186 g/mol. The minimum Gasteiger partial charge on any atom is -0.331 e. The van der Waals surface area contributed by atoms with Gasteiger partial charge in [-0.3, -0.25) is 4.79 Å². The molecular formula is C13H20NO+. The average Bonchev–Trinajstić information content (AvgIpc) is 2.14. The largest absolute Gasteiger partial charge is 0.331 e. The first-order valence-corrected chi connectivity index (χ1v) is 5.29. The Morgan fingerprint density at radius 3 is 2.33 bits per heavy atom. The molecule has 0 aromatic heterocycles. The van der Waals surface area contributed by atoms with Gasteiger partial charge in [-0.15, -0.1) is 0 Å². The van der Waals surface area contributed by atoms with E-state index < -0.39 is 0 Å². The lowest BCUT2D eigenvalue weighted by molar-refractivity contribution is -0.869.